The van der Waals surface area contributed by atoms with E-state index in [-0.39, 0.29) is 23.5 Å². The molecular weight excluding hydrogens is 384 g/mol. The Hall–Kier alpha value is -2.00. The van der Waals surface area contributed by atoms with Gasteiger partial charge >= 0.3 is 0 Å². The minimum Gasteiger partial charge on any atom is -0.338 e. The van der Waals surface area contributed by atoms with E-state index < -0.39 is 15.1 Å². The van der Waals surface area contributed by atoms with Crippen LogP contribution in [-0.4, -0.2) is 58.2 Å². The Bertz CT molecular complexity index is 912. The number of thioether (sulfide) groups is 1. The number of aromatic nitrogens is 2. The average Bonchev–Trinajstić information content (AvgIpc) is 3.18. The largest absolute Gasteiger partial charge is 0.338 e. The highest BCUT2D eigenvalue weighted by molar-refractivity contribution is 8.00. The van der Waals surface area contributed by atoms with Gasteiger partial charge in [-0.25, -0.2) is 18.1 Å². The van der Waals surface area contributed by atoms with Crippen LogP contribution in [0.15, 0.2) is 41.7 Å². The molecule has 0 bridgehead atoms. The van der Waals surface area contributed by atoms with Crippen molar-refractivity contribution in [3.8, 4) is 11.3 Å². The van der Waals surface area contributed by atoms with Gasteiger partial charge in [-0.3, -0.25) is 4.79 Å². The Morgan fingerprint density at radius 3 is 2.70 bits per heavy atom. The molecule has 1 fully saturated rings. The second-order valence-corrected chi connectivity index (χ2v) is 10.2. The summed E-state index contributed by atoms with van der Waals surface area (Å²) < 4.78 is 24.9. The number of hydrogen-bond acceptors (Lipinski definition) is 6. The number of nitrogens with two attached hydrogens (primary N) is 1. The predicted octanol–water partition coefficient (Wildman–Crippen LogP) is 1.78. The van der Waals surface area contributed by atoms with Crippen LogP contribution in [0.1, 0.15) is 20.3 Å². The van der Waals surface area contributed by atoms with Gasteiger partial charge in [-0.05, 0) is 20.3 Å². The van der Waals surface area contributed by atoms with Crippen LogP contribution in [0.25, 0.3) is 11.3 Å². The Morgan fingerprint density at radius 2 is 2.11 bits per heavy atom. The Kier molecular flexibility index (Phi) is 5.81. The summed E-state index contributed by atoms with van der Waals surface area (Å²) in [5.41, 5.74) is 1.70. The van der Waals surface area contributed by atoms with E-state index in [1.165, 1.54) is 16.4 Å². The van der Waals surface area contributed by atoms with Gasteiger partial charge in [-0.2, -0.15) is 0 Å². The van der Waals surface area contributed by atoms with Crippen LogP contribution in [-0.2, 0) is 14.6 Å². The van der Waals surface area contributed by atoms with E-state index in [2.05, 4.69) is 4.98 Å². The first kappa shape index (κ1) is 19.8. The van der Waals surface area contributed by atoms with E-state index in [0.717, 1.165) is 11.3 Å². The first-order valence-corrected chi connectivity index (χ1v) is 11.6. The van der Waals surface area contributed by atoms with Crippen molar-refractivity contribution >= 4 is 27.5 Å². The summed E-state index contributed by atoms with van der Waals surface area (Å²) in [6.45, 7) is 4.16. The minimum absolute atomic E-state index is 0.0492. The second-order valence-electron chi connectivity index (χ2n) is 6.62. The zero-order chi connectivity index (χ0) is 19.6. The van der Waals surface area contributed by atoms with E-state index >= 15 is 0 Å². The van der Waals surface area contributed by atoms with Gasteiger partial charge in [0.25, 0.3) is 0 Å². The molecule has 146 valence electrons. The predicted molar refractivity (Wildman–Crippen MR) is 108 cm³/mol. The zero-order valence-corrected chi connectivity index (χ0v) is 17.0. The van der Waals surface area contributed by atoms with Gasteiger partial charge in [-0.1, -0.05) is 42.1 Å². The van der Waals surface area contributed by atoms with Crippen LogP contribution >= 0.6 is 11.8 Å². The lowest BCUT2D eigenvalue weighted by molar-refractivity contribution is -0.131. The molecular formula is C18H24N4O3S2. The van der Waals surface area contributed by atoms with Crippen LogP contribution < -0.4 is 5.84 Å². The van der Waals surface area contributed by atoms with Crippen molar-refractivity contribution in [2.45, 2.75) is 36.7 Å². The van der Waals surface area contributed by atoms with E-state index in [4.69, 9.17) is 5.84 Å². The minimum atomic E-state index is -3.04. The Morgan fingerprint density at radius 1 is 1.41 bits per heavy atom. The molecule has 1 aromatic heterocycles. The lowest BCUT2D eigenvalue weighted by Crippen LogP contribution is -2.44. The van der Waals surface area contributed by atoms with Crippen LogP contribution in [0.4, 0.5) is 0 Å². The molecule has 2 atom stereocenters. The van der Waals surface area contributed by atoms with Crippen LogP contribution in [0.2, 0.25) is 0 Å². The Balaban J connectivity index is 1.72. The third-order valence-electron chi connectivity index (χ3n) is 4.67. The molecule has 7 nitrogen and oxygen atoms in total. The summed E-state index contributed by atoms with van der Waals surface area (Å²) >= 11 is 1.28. The smallest absolute Gasteiger partial charge is 0.236 e. The topological polar surface area (TPSA) is 98.3 Å². The number of sulfone groups is 1. The molecule has 1 aliphatic rings. The molecule has 1 aliphatic heterocycles. The van der Waals surface area contributed by atoms with E-state index in [9.17, 15) is 13.2 Å². The summed E-state index contributed by atoms with van der Waals surface area (Å²) in [5.74, 6) is 6.13. The standard InChI is InChI=1S/C18H24N4O3S2/c1-3-21(15-9-10-27(24,25)12-15)17(23)13(2)26-18-20-16(11-22(18)19)14-7-5-4-6-8-14/h4-8,11,13,15H,3,9-10,12,19H2,1-2H3/t13-,15+/m1/s1. The number of nitrogens with zero attached hydrogens (tertiary/aromatic N) is 3. The number of amides is 1. The normalized spacial score (nSPS) is 19.7. The van der Waals surface area contributed by atoms with Crippen molar-refractivity contribution in [1.82, 2.24) is 14.6 Å². The molecule has 0 saturated carbocycles. The SMILES string of the molecule is CCN(C(=O)[C@@H](C)Sc1nc(-c2ccccc2)cn1N)[C@H]1CCS(=O)(=O)C1. The lowest BCUT2D eigenvalue weighted by atomic mass is 10.2. The maximum atomic E-state index is 12.9. The maximum absolute atomic E-state index is 12.9. The van der Waals surface area contributed by atoms with E-state index in [1.54, 1.807) is 18.0 Å². The van der Waals surface area contributed by atoms with Gasteiger partial charge in [0, 0.05) is 18.2 Å². The summed E-state index contributed by atoms with van der Waals surface area (Å²) in [4.78, 5) is 19.1. The van der Waals surface area contributed by atoms with Gasteiger partial charge in [-0.15, -0.1) is 0 Å². The van der Waals surface area contributed by atoms with E-state index in [0.29, 0.717) is 18.1 Å². The number of rotatable bonds is 6. The third-order valence-corrected chi connectivity index (χ3v) is 7.49. The molecule has 1 saturated heterocycles. The number of carbonyl (C=O) groups is 1. The molecule has 1 aromatic carbocycles. The molecule has 2 aromatic rings. The number of nitrogen functional groups attached to an aromatic ring is 1. The van der Waals surface area contributed by atoms with Crippen molar-refractivity contribution in [2.24, 2.45) is 0 Å². The molecule has 1 amide bonds. The summed E-state index contributed by atoms with van der Waals surface area (Å²) in [6.07, 6.45) is 2.24. The first-order valence-electron chi connectivity index (χ1n) is 8.88. The highest BCUT2D eigenvalue weighted by Crippen LogP contribution is 2.28. The molecule has 0 unspecified atom stereocenters. The zero-order valence-electron chi connectivity index (χ0n) is 15.4. The summed E-state index contributed by atoms with van der Waals surface area (Å²) in [5, 5.41) is 0.131. The monoisotopic (exact) mass is 408 g/mol. The quantitative estimate of drug-likeness (QED) is 0.578. The number of benzene rings is 1. The van der Waals surface area contributed by atoms with Crippen LogP contribution in [0.3, 0.4) is 0 Å². The maximum Gasteiger partial charge on any atom is 0.236 e. The van der Waals surface area contributed by atoms with Gasteiger partial charge < -0.3 is 10.7 Å². The number of hydrogen-bond donors (Lipinski definition) is 1. The molecule has 27 heavy (non-hydrogen) atoms. The average molecular weight is 409 g/mol. The molecule has 3 rings (SSSR count). The highest BCUT2D eigenvalue weighted by atomic mass is 32.2. The lowest BCUT2D eigenvalue weighted by Gasteiger charge is -2.29. The van der Waals surface area contributed by atoms with Gasteiger partial charge in [0.05, 0.1) is 28.6 Å². The van der Waals surface area contributed by atoms with Crippen molar-refractivity contribution < 1.29 is 13.2 Å². The third kappa shape index (κ3) is 4.47. The molecule has 0 aliphatic carbocycles. The van der Waals surface area contributed by atoms with Gasteiger partial charge in [0.2, 0.25) is 5.91 Å². The van der Waals surface area contributed by atoms with Gasteiger partial charge in [0.1, 0.15) is 0 Å². The Labute approximate surface area is 163 Å². The molecule has 9 heteroatoms. The van der Waals surface area contributed by atoms with E-state index in [1.807, 2.05) is 37.3 Å². The second kappa shape index (κ2) is 7.93. The number of carbonyl (C=O) groups excluding carboxylic acids is 1. The van der Waals surface area contributed by atoms with Crippen molar-refractivity contribution in [2.75, 3.05) is 23.9 Å². The van der Waals surface area contributed by atoms with Crippen LogP contribution in [0.5, 0.6) is 0 Å². The molecule has 0 spiro atoms. The fourth-order valence-electron chi connectivity index (χ4n) is 3.27. The highest BCUT2D eigenvalue weighted by Gasteiger charge is 2.35. The fourth-order valence-corrected chi connectivity index (χ4v) is 5.88. The summed E-state index contributed by atoms with van der Waals surface area (Å²) in [7, 11) is -3.04. The number of imidazole rings is 1. The van der Waals surface area contributed by atoms with Crippen molar-refractivity contribution in [3.63, 3.8) is 0 Å². The summed E-state index contributed by atoms with van der Waals surface area (Å²) in [6, 6.07) is 9.45. The molecule has 0 radical (unpaired) electrons. The van der Waals surface area contributed by atoms with Crippen molar-refractivity contribution in [1.29, 1.82) is 0 Å². The fraction of sp³-hybridized carbons (Fsp3) is 0.444. The van der Waals surface area contributed by atoms with Crippen LogP contribution in [0, 0.1) is 0 Å². The molecule has 2 heterocycles. The molecule has 2 N–H and O–H groups in total. The first-order chi connectivity index (χ1) is 12.8. The van der Waals surface area contributed by atoms with Gasteiger partial charge in [0.15, 0.2) is 15.0 Å². The van der Waals surface area contributed by atoms with Crippen molar-refractivity contribution in [3.05, 3.63) is 36.5 Å².